The molecule has 0 aliphatic carbocycles. The Bertz CT molecular complexity index is 462. The van der Waals surface area contributed by atoms with Crippen LogP contribution >= 0.6 is 0 Å². The van der Waals surface area contributed by atoms with Gasteiger partial charge in [0.2, 0.25) is 5.91 Å². The van der Waals surface area contributed by atoms with Gasteiger partial charge in [0.05, 0.1) is 19.1 Å². The zero-order valence-corrected chi connectivity index (χ0v) is 10.6. The third-order valence-corrected chi connectivity index (χ3v) is 3.28. The van der Waals surface area contributed by atoms with Crippen LogP contribution in [0.1, 0.15) is 5.56 Å². The number of carbonyl (C=O) groups excluding carboxylic acids is 1. The van der Waals surface area contributed by atoms with Crippen molar-refractivity contribution in [3.8, 4) is 0 Å². The predicted molar refractivity (Wildman–Crippen MR) is 69.9 cm³/mol. The highest BCUT2D eigenvalue weighted by Crippen LogP contribution is 2.30. The van der Waals surface area contributed by atoms with Crippen molar-refractivity contribution in [2.24, 2.45) is 0 Å². The van der Waals surface area contributed by atoms with E-state index in [1.54, 1.807) is 11.9 Å². The van der Waals surface area contributed by atoms with Crippen LogP contribution in [0.4, 0.5) is 11.4 Å². The fourth-order valence-electron chi connectivity index (χ4n) is 2.17. The van der Waals surface area contributed by atoms with E-state index in [0.717, 1.165) is 16.9 Å². The highest BCUT2D eigenvalue weighted by atomic mass is 16.3. The number of fused-ring (bicyclic) bond motifs is 1. The molecular formula is C13H18N2O3. The van der Waals surface area contributed by atoms with Crippen molar-refractivity contribution in [3.63, 3.8) is 0 Å². The average Bonchev–Trinajstić information content (AvgIpc) is 2.64. The molecule has 1 aromatic carbocycles. The van der Waals surface area contributed by atoms with Gasteiger partial charge in [-0.25, -0.2) is 0 Å². The number of rotatable bonds is 4. The molecule has 0 spiro atoms. The molecule has 0 saturated carbocycles. The highest BCUT2D eigenvalue weighted by molar-refractivity contribution is 6.01. The molecule has 2 N–H and O–H groups in total. The van der Waals surface area contributed by atoms with Crippen molar-refractivity contribution in [1.82, 2.24) is 0 Å². The molecule has 1 aliphatic heterocycles. The van der Waals surface area contributed by atoms with Gasteiger partial charge < -0.3 is 20.0 Å². The Hall–Kier alpha value is -1.59. The van der Waals surface area contributed by atoms with E-state index in [1.807, 2.05) is 30.1 Å². The number of amides is 1. The molecule has 1 atom stereocenters. The van der Waals surface area contributed by atoms with Gasteiger partial charge in [0.1, 0.15) is 0 Å². The lowest BCUT2D eigenvalue weighted by Gasteiger charge is -2.22. The van der Waals surface area contributed by atoms with Gasteiger partial charge in [0.15, 0.2) is 0 Å². The quantitative estimate of drug-likeness (QED) is 0.789. The number of nitrogens with zero attached hydrogens (tertiary/aromatic N) is 2. The monoisotopic (exact) mass is 250 g/mol. The summed E-state index contributed by atoms with van der Waals surface area (Å²) in [7, 11) is 3.62. The van der Waals surface area contributed by atoms with Crippen LogP contribution in [0.15, 0.2) is 18.2 Å². The molecule has 2 rings (SSSR count). The molecule has 1 unspecified atom stereocenters. The lowest BCUT2D eigenvalue weighted by Crippen LogP contribution is -2.31. The van der Waals surface area contributed by atoms with Gasteiger partial charge in [0, 0.05) is 32.0 Å². The van der Waals surface area contributed by atoms with Gasteiger partial charge in [-0.1, -0.05) is 0 Å². The number of aliphatic hydroxyl groups excluding tert-OH is 2. The second kappa shape index (κ2) is 4.96. The number of hydrogen-bond donors (Lipinski definition) is 2. The summed E-state index contributed by atoms with van der Waals surface area (Å²) in [6, 6.07) is 5.79. The number of hydrogen-bond acceptors (Lipinski definition) is 4. The van der Waals surface area contributed by atoms with E-state index in [4.69, 9.17) is 5.11 Å². The zero-order valence-electron chi connectivity index (χ0n) is 10.6. The zero-order chi connectivity index (χ0) is 13.3. The van der Waals surface area contributed by atoms with E-state index >= 15 is 0 Å². The molecule has 5 nitrogen and oxygen atoms in total. The summed E-state index contributed by atoms with van der Waals surface area (Å²) in [4.78, 5) is 15.1. The molecule has 0 radical (unpaired) electrons. The van der Waals surface area contributed by atoms with Crippen LogP contribution in [0, 0.1) is 0 Å². The molecule has 0 aromatic heterocycles. The third kappa shape index (κ3) is 2.32. The molecule has 1 aromatic rings. The fourth-order valence-corrected chi connectivity index (χ4v) is 2.17. The fraction of sp³-hybridized carbons (Fsp3) is 0.462. The Kier molecular flexibility index (Phi) is 3.54. The maximum absolute atomic E-state index is 11.6. The molecule has 0 saturated heterocycles. The lowest BCUT2D eigenvalue weighted by molar-refractivity contribution is -0.117. The highest BCUT2D eigenvalue weighted by Gasteiger charge is 2.24. The number of anilines is 2. The maximum Gasteiger partial charge on any atom is 0.231 e. The average molecular weight is 250 g/mol. The summed E-state index contributed by atoms with van der Waals surface area (Å²) in [6.45, 7) is 0.107. The Morgan fingerprint density at radius 3 is 2.89 bits per heavy atom. The first-order valence-corrected chi connectivity index (χ1v) is 5.92. The molecule has 1 amide bonds. The minimum Gasteiger partial charge on any atom is -0.394 e. The Balaban J connectivity index is 2.18. The second-order valence-corrected chi connectivity index (χ2v) is 4.66. The van der Waals surface area contributed by atoms with Crippen LogP contribution in [0.5, 0.6) is 0 Å². The van der Waals surface area contributed by atoms with Crippen molar-refractivity contribution in [3.05, 3.63) is 23.8 Å². The van der Waals surface area contributed by atoms with Gasteiger partial charge >= 0.3 is 0 Å². The van der Waals surface area contributed by atoms with Crippen molar-refractivity contribution < 1.29 is 15.0 Å². The lowest BCUT2D eigenvalue weighted by atomic mass is 10.1. The van der Waals surface area contributed by atoms with Crippen LogP contribution in [-0.2, 0) is 11.2 Å². The van der Waals surface area contributed by atoms with Crippen LogP contribution in [-0.4, -0.2) is 49.5 Å². The van der Waals surface area contributed by atoms with Crippen molar-refractivity contribution in [1.29, 1.82) is 0 Å². The van der Waals surface area contributed by atoms with E-state index in [2.05, 4.69) is 0 Å². The number of benzene rings is 1. The first-order chi connectivity index (χ1) is 8.52. The molecule has 0 bridgehead atoms. The Morgan fingerprint density at radius 1 is 1.50 bits per heavy atom. The van der Waals surface area contributed by atoms with Gasteiger partial charge in [-0.15, -0.1) is 0 Å². The summed E-state index contributed by atoms with van der Waals surface area (Å²) < 4.78 is 0. The second-order valence-electron chi connectivity index (χ2n) is 4.66. The maximum atomic E-state index is 11.6. The Morgan fingerprint density at radius 2 is 2.22 bits per heavy atom. The van der Waals surface area contributed by atoms with Crippen molar-refractivity contribution >= 4 is 17.3 Å². The molecule has 0 fully saturated rings. The SMILES string of the molecule is CN(CC(O)CO)c1ccc2c(c1)CC(=O)N2C. The molecular weight excluding hydrogens is 232 g/mol. The van der Waals surface area contributed by atoms with E-state index in [1.165, 1.54) is 0 Å². The summed E-state index contributed by atoms with van der Waals surface area (Å²) in [5.41, 5.74) is 2.88. The van der Waals surface area contributed by atoms with E-state index in [9.17, 15) is 9.90 Å². The van der Waals surface area contributed by atoms with Gasteiger partial charge in [-0.3, -0.25) is 4.79 Å². The first-order valence-electron chi connectivity index (χ1n) is 5.92. The summed E-state index contributed by atoms with van der Waals surface area (Å²) >= 11 is 0. The van der Waals surface area contributed by atoms with Gasteiger partial charge in [-0.05, 0) is 23.8 Å². The van der Waals surface area contributed by atoms with Crippen molar-refractivity contribution in [2.45, 2.75) is 12.5 Å². The van der Waals surface area contributed by atoms with Crippen LogP contribution in [0.3, 0.4) is 0 Å². The molecule has 98 valence electrons. The van der Waals surface area contributed by atoms with Crippen LogP contribution in [0.25, 0.3) is 0 Å². The molecule has 1 aliphatic rings. The smallest absolute Gasteiger partial charge is 0.231 e. The summed E-state index contributed by atoms with van der Waals surface area (Å²) in [5, 5.41) is 18.2. The van der Waals surface area contributed by atoms with E-state index < -0.39 is 6.10 Å². The standard InChI is InChI=1S/C13H18N2O3/c1-14(7-11(17)8-16)10-3-4-12-9(5-10)6-13(18)15(12)2/h3-5,11,16-17H,6-8H2,1-2H3. The predicted octanol–water partition coefficient (Wildman–Crippen LogP) is -0.00510. The largest absolute Gasteiger partial charge is 0.394 e. The Labute approximate surface area is 106 Å². The minimum absolute atomic E-state index is 0.0974. The van der Waals surface area contributed by atoms with E-state index in [0.29, 0.717) is 13.0 Å². The minimum atomic E-state index is -0.757. The summed E-state index contributed by atoms with van der Waals surface area (Å²) in [5.74, 6) is 0.0974. The topological polar surface area (TPSA) is 64.0 Å². The molecule has 18 heavy (non-hydrogen) atoms. The van der Waals surface area contributed by atoms with Crippen molar-refractivity contribution in [2.75, 3.05) is 37.0 Å². The summed E-state index contributed by atoms with van der Waals surface area (Å²) in [6.07, 6.45) is -0.330. The van der Waals surface area contributed by atoms with Crippen LogP contribution < -0.4 is 9.80 Å². The number of likely N-dealkylation sites (N-methyl/N-ethyl adjacent to an activating group) is 2. The molecule has 5 heteroatoms. The molecule has 1 heterocycles. The van der Waals surface area contributed by atoms with Gasteiger partial charge in [-0.2, -0.15) is 0 Å². The number of carbonyl (C=O) groups is 1. The third-order valence-electron chi connectivity index (χ3n) is 3.28. The van der Waals surface area contributed by atoms with Gasteiger partial charge in [0.25, 0.3) is 0 Å². The number of aliphatic hydroxyl groups is 2. The van der Waals surface area contributed by atoms with Crippen LogP contribution in [0.2, 0.25) is 0 Å². The normalized spacial score (nSPS) is 15.8. The van der Waals surface area contributed by atoms with E-state index in [-0.39, 0.29) is 12.5 Å². The first kappa shape index (κ1) is 12.9.